The molecule has 6 rings (SSSR count). The van der Waals surface area contributed by atoms with Crippen molar-refractivity contribution in [1.82, 2.24) is 10.8 Å². The quantitative estimate of drug-likeness (QED) is 0.104. The Kier molecular flexibility index (Phi) is 15.5. The monoisotopic (exact) mass is 736 g/mol. The second-order valence-corrected chi connectivity index (χ2v) is 18.9. The summed E-state index contributed by atoms with van der Waals surface area (Å²) in [5, 5.41) is 22.5. The Balaban J connectivity index is 0.847. The number of nitrogens with one attached hydrogen (secondary N) is 2. The third kappa shape index (κ3) is 11.2. The van der Waals surface area contributed by atoms with Crippen LogP contribution in [0.4, 0.5) is 0 Å². The highest BCUT2D eigenvalue weighted by Crippen LogP contribution is 2.44. The lowest BCUT2D eigenvalue weighted by Gasteiger charge is -2.40. The highest BCUT2D eigenvalue weighted by molar-refractivity contribution is 7.80. The summed E-state index contributed by atoms with van der Waals surface area (Å²) in [6, 6.07) is 0.266. The van der Waals surface area contributed by atoms with Gasteiger partial charge in [-0.3, -0.25) is 19.0 Å². The average molecular weight is 737 g/mol. The van der Waals surface area contributed by atoms with Crippen LogP contribution in [-0.2, 0) is 34.6 Å². The second kappa shape index (κ2) is 20.0. The number of amides is 1. The molecule has 6 saturated carbocycles. The summed E-state index contributed by atoms with van der Waals surface area (Å²) in [6.07, 6.45) is 25.3. The second-order valence-electron chi connectivity index (χ2n) is 17.6. The van der Waals surface area contributed by atoms with Crippen molar-refractivity contribution in [1.29, 1.82) is 0 Å². The maximum Gasteiger partial charge on any atom is 0.307 e. The Morgan fingerprint density at radius 2 is 1.22 bits per heavy atom. The number of carboxylic acids is 1. The van der Waals surface area contributed by atoms with Crippen molar-refractivity contribution < 1.29 is 38.1 Å². The topological polar surface area (TPSA) is 143 Å². The molecule has 0 aromatic carbocycles. The first kappa shape index (κ1) is 39.6. The Morgan fingerprint density at radius 3 is 1.84 bits per heavy atom. The summed E-state index contributed by atoms with van der Waals surface area (Å²) in [5.41, 5.74) is 3.31. The van der Waals surface area contributed by atoms with Crippen LogP contribution in [0.2, 0.25) is 0 Å². The van der Waals surface area contributed by atoms with Gasteiger partial charge in [-0.25, -0.2) is 9.10 Å². The summed E-state index contributed by atoms with van der Waals surface area (Å²) in [7, 11) is 0. The molecule has 6 fully saturated rings. The molecule has 11 heteroatoms. The van der Waals surface area contributed by atoms with Gasteiger partial charge in [-0.05, 0) is 125 Å². The van der Waals surface area contributed by atoms with Gasteiger partial charge in [0.1, 0.15) is 0 Å². The zero-order valence-electron chi connectivity index (χ0n) is 31.1. The third-order valence-corrected chi connectivity index (χ3v) is 15.9. The van der Waals surface area contributed by atoms with Crippen molar-refractivity contribution in [3.05, 3.63) is 0 Å². The predicted molar refractivity (Wildman–Crippen MR) is 197 cm³/mol. The van der Waals surface area contributed by atoms with Gasteiger partial charge in [-0.1, -0.05) is 64.2 Å². The van der Waals surface area contributed by atoms with Gasteiger partial charge in [0.15, 0.2) is 11.1 Å². The first-order valence-electron chi connectivity index (χ1n) is 21.1. The molecule has 4 N–H and O–H groups in total. The van der Waals surface area contributed by atoms with Crippen LogP contribution in [0.5, 0.6) is 0 Å². The zero-order valence-corrected chi connectivity index (χ0v) is 31.9. The SMILES string of the molecule is O=C(O)C1CC(C2CCCCC2)CCC1C(=O)NC1CCC(S(=O)OC2CCC(NOCC3CCC(C4CCCCC4)CC3COO)CC2)CC1. The summed E-state index contributed by atoms with van der Waals surface area (Å²) in [4.78, 5) is 36.3. The molecule has 7 atom stereocenters. The molecule has 6 aliphatic rings. The van der Waals surface area contributed by atoms with E-state index >= 15 is 0 Å². The molecule has 6 aliphatic carbocycles. The molecule has 0 aromatic rings. The van der Waals surface area contributed by atoms with E-state index in [4.69, 9.17) is 9.02 Å². The molecule has 0 spiro atoms. The number of aliphatic carboxylic acids is 1. The molecule has 1 amide bonds. The molecule has 0 aromatic heterocycles. The van der Waals surface area contributed by atoms with E-state index in [9.17, 15) is 24.2 Å². The van der Waals surface area contributed by atoms with Gasteiger partial charge in [-0.15, -0.1) is 0 Å². The van der Waals surface area contributed by atoms with E-state index in [1.54, 1.807) is 0 Å². The van der Waals surface area contributed by atoms with Crippen molar-refractivity contribution in [2.45, 2.75) is 178 Å². The maximum atomic E-state index is 13.3. The van der Waals surface area contributed by atoms with Crippen LogP contribution in [0, 0.1) is 47.3 Å². The van der Waals surface area contributed by atoms with Crippen LogP contribution in [0.25, 0.3) is 0 Å². The summed E-state index contributed by atoms with van der Waals surface area (Å²) in [5.74, 6) is 1.43. The fourth-order valence-corrected chi connectivity index (χ4v) is 12.5. The molecule has 51 heavy (non-hydrogen) atoms. The first-order valence-corrected chi connectivity index (χ1v) is 22.3. The number of hydrogen-bond acceptors (Lipinski definition) is 8. The number of carboxylic acid groups (broad SMARTS) is 1. The van der Waals surface area contributed by atoms with Gasteiger partial charge in [0.2, 0.25) is 5.91 Å². The molecular weight excluding hydrogens is 669 g/mol. The number of rotatable bonds is 14. The van der Waals surface area contributed by atoms with Gasteiger partial charge in [0.25, 0.3) is 0 Å². The Morgan fingerprint density at radius 1 is 0.608 bits per heavy atom. The van der Waals surface area contributed by atoms with Gasteiger partial charge in [0, 0.05) is 12.1 Å². The Bertz CT molecular complexity index is 1100. The lowest BCUT2D eigenvalue weighted by atomic mass is 9.66. The molecule has 0 bridgehead atoms. The predicted octanol–water partition coefficient (Wildman–Crippen LogP) is 7.73. The van der Waals surface area contributed by atoms with Crippen LogP contribution in [0.3, 0.4) is 0 Å². The van der Waals surface area contributed by atoms with E-state index in [1.807, 2.05) is 0 Å². The van der Waals surface area contributed by atoms with Gasteiger partial charge >= 0.3 is 5.97 Å². The minimum Gasteiger partial charge on any atom is -0.481 e. The van der Waals surface area contributed by atoms with E-state index in [0.29, 0.717) is 49.7 Å². The van der Waals surface area contributed by atoms with E-state index in [-0.39, 0.29) is 29.3 Å². The Labute approximate surface area is 309 Å². The fraction of sp³-hybridized carbons (Fsp3) is 0.950. The van der Waals surface area contributed by atoms with Crippen LogP contribution in [0.15, 0.2) is 0 Å². The van der Waals surface area contributed by atoms with Crippen LogP contribution >= 0.6 is 0 Å². The van der Waals surface area contributed by atoms with E-state index < -0.39 is 28.9 Å². The molecule has 7 unspecified atom stereocenters. The minimum absolute atomic E-state index is 0.0103. The zero-order chi connectivity index (χ0) is 35.6. The van der Waals surface area contributed by atoms with Crippen LogP contribution in [-0.4, -0.2) is 63.1 Å². The average Bonchev–Trinajstić information content (AvgIpc) is 3.17. The lowest BCUT2D eigenvalue weighted by molar-refractivity contribution is -0.258. The third-order valence-electron chi connectivity index (χ3n) is 14.4. The number of carbonyl (C=O) groups is 2. The number of carbonyl (C=O) groups excluding carboxylic acids is 1. The summed E-state index contributed by atoms with van der Waals surface area (Å²) in [6.45, 7) is 1.03. The normalized spacial score (nSPS) is 38.1. The van der Waals surface area contributed by atoms with E-state index in [0.717, 1.165) is 82.5 Å². The van der Waals surface area contributed by atoms with Crippen molar-refractivity contribution in [2.24, 2.45) is 47.3 Å². The largest absolute Gasteiger partial charge is 0.481 e. The fourth-order valence-electron chi connectivity index (χ4n) is 11.2. The Hall–Kier alpha value is -1.11. The molecule has 10 nitrogen and oxygen atoms in total. The highest BCUT2D eigenvalue weighted by atomic mass is 32.2. The van der Waals surface area contributed by atoms with Gasteiger partial charge in [0.05, 0.1) is 36.4 Å². The van der Waals surface area contributed by atoms with Crippen molar-refractivity contribution in [2.75, 3.05) is 13.2 Å². The molecule has 292 valence electrons. The summed E-state index contributed by atoms with van der Waals surface area (Å²) < 4.78 is 19.3. The highest BCUT2D eigenvalue weighted by Gasteiger charge is 2.42. The van der Waals surface area contributed by atoms with Gasteiger partial charge < -0.3 is 15.3 Å². The molecular formula is C40H68N2O8S. The molecule has 0 heterocycles. The molecule has 0 radical (unpaired) electrons. The van der Waals surface area contributed by atoms with Gasteiger partial charge in [-0.2, -0.15) is 5.48 Å². The number of hydrogen-bond donors (Lipinski definition) is 4. The standard InChI is InChI=1S/C40H68N2O8S/c43-39(37-22-13-30(24-38(37)40(44)45)28-9-5-2-6-10-28)41-33-16-20-36(21-17-33)51(47)50-35-18-14-34(15-19-35)42-48-25-31-12-11-29(23-32(31)26-49-46)27-7-3-1-4-8-27/h27-38,42,46H,1-26H2,(H,41,43)(H,44,45). The molecule has 0 saturated heterocycles. The number of hydroxylamine groups is 1. The first-order chi connectivity index (χ1) is 24.9. The van der Waals surface area contributed by atoms with Crippen molar-refractivity contribution >= 4 is 23.0 Å². The van der Waals surface area contributed by atoms with Crippen molar-refractivity contribution in [3.8, 4) is 0 Å². The molecule has 0 aliphatic heterocycles. The van der Waals surface area contributed by atoms with E-state index in [1.165, 1.54) is 70.6 Å². The lowest BCUT2D eigenvalue weighted by Crippen LogP contribution is -2.47. The van der Waals surface area contributed by atoms with E-state index in [2.05, 4.69) is 15.7 Å². The summed E-state index contributed by atoms with van der Waals surface area (Å²) >= 11 is -1.36. The smallest absolute Gasteiger partial charge is 0.307 e. The van der Waals surface area contributed by atoms with Crippen LogP contribution in [0.1, 0.15) is 154 Å². The maximum absolute atomic E-state index is 13.3. The van der Waals surface area contributed by atoms with Crippen molar-refractivity contribution in [3.63, 3.8) is 0 Å². The van der Waals surface area contributed by atoms with Crippen LogP contribution < -0.4 is 10.8 Å². The minimum atomic E-state index is -1.36.